The minimum absolute atomic E-state index is 0.0449. The van der Waals surface area contributed by atoms with Crippen LogP contribution in [0.15, 0.2) is 66.7 Å². The van der Waals surface area contributed by atoms with Gasteiger partial charge in [0.05, 0.1) is 14.2 Å². The molecule has 198 valence electrons. The Morgan fingerprint density at radius 3 is 2.32 bits per heavy atom. The summed E-state index contributed by atoms with van der Waals surface area (Å²) in [4.78, 5) is 29.7. The molecule has 1 heterocycles. The number of Topliss-reactive ketones (excluding diaryl/α,β-unsaturated/α-hetero) is 1. The number of esters is 1. The number of likely N-dealkylation sites (tertiary alicyclic amines) is 1. The van der Waals surface area contributed by atoms with E-state index in [0.29, 0.717) is 23.5 Å². The zero-order valence-electron chi connectivity index (χ0n) is 21.8. The van der Waals surface area contributed by atoms with Crippen molar-refractivity contribution in [3.8, 4) is 17.2 Å². The van der Waals surface area contributed by atoms with E-state index in [-0.39, 0.29) is 29.4 Å². The first-order valence-corrected chi connectivity index (χ1v) is 13.0. The first kappa shape index (κ1) is 25.8. The maximum atomic E-state index is 14.0. The summed E-state index contributed by atoms with van der Waals surface area (Å²) in [5.74, 6) is 0.0794. The number of carbonyl (C=O) groups excluding carboxylic acids is 2. The van der Waals surface area contributed by atoms with Crippen LogP contribution >= 0.6 is 0 Å². The van der Waals surface area contributed by atoms with Crippen LogP contribution < -0.4 is 9.47 Å². The third kappa shape index (κ3) is 5.11. The number of aromatic hydroxyl groups is 1. The second kappa shape index (κ2) is 10.9. The largest absolute Gasteiger partial charge is 0.507 e. The SMILES string of the molecule is COc1cc2c(cc1OC)C(=O)C(CC1CCN(Cc3ccccc3)CC1)(OC(=O)c1ccccc1O)C2. The molecule has 0 aromatic heterocycles. The van der Waals surface area contributed by atoms with E-state index in [4.69, 9.17) is 14.2 Å². The summed E-state index contributed by atoms with van der Waals surface area (Å²) in [6, 6.07) is 20.1. The minimum atomic E-state index is -1.36. The highest BCUT2D eigenvalue weighted by atomic mass is 16.6. The number of methoxy groups -OCH3 is 2. The highest BCUT2D eigenvalue weighted by molar-refractivity contribution is 6.09. The molecule has 0 spiro atoms. The quantitative estimate of drug-likeness (QED) is 0.421. The van der Waals surface area contributed by atoms with Crippen LogP contribution in [0.1, 0.15) is 51.1 Å². The first-order chi connectivity index (χ1) is 18.4. The molecule has 0 amide bonds. The van der Waals surface area contributed by atoms with Crippen molar-refractivity contribution in [1.29, 1.82) is 0 Å². The van der Waals surface area contributed by atoms with Gasteiger partial charge in [-0.3, -0.25) is 9.69 Å². The lowest BCUT2D eigenvalue weighted by Crippen LogP contribution is -2.45. The number of phenolic OH excluding ortho intramolecular Hbond substituents is 1. The maximum absolute atomic E-state index is 14.0. The number of nitrogens with zero attached hydrogens (tertiary/aromatic N) is 1. The fourth-order valence-corrected chi connectivity index (χ4v) is 5.74. The smallest absolute Gasteiger partial charge is 0.342 e. The number of fused-ring (bicyclic) bond motifs is 1. The number of hydrogen-bond donors (Lipinski definition) is 1. The van der Waals surface area contributed by atoms with E-state index in [1.165, 1.54) is 24.8 Å². The zero-order chi connectivity index (χ0) is 26.7. The number of piperidine rings is 1. The minimum Gasteiger partial charge on any atom is -0.507 e. The third-order valence-electron chi connectivity index (χ3n) is 7.73. The van der Waals surface area contributed by atoms with Crippen molar-refractivity contribution in [2.75, 3.05) is 27.3 Å². The van der Waals surface area contributed by atoms with Crippen molar-refractivity contribution >= 4 is 11.8 Å². The summed E-state index contributed by atoms with van der Waals surface area (Å²) in [6.45, 7) is 2.71. The molecule has 7 nitrogen and oxygen atoms in total. The maximum Gasteiger partial charge on any atom is 0.342 e. The van der Waals surface area contributed by atoms with Gasteiger partial charge in [0.1, 0.15) is 11.3 Å². The predicted molar refractivity (Wildman–Crippen MR) is 143 cm³/mol. The molecule has 3 aromatic rings. The van der Waals surface area contributed by atoms with Crippen LogP contribution in [-0.2, 0) is 17.7 Å². The highest BCUT2D eigenvalue weighted by Gasteiger charge is 2.51. The van der Waals surface area contributed by atoms with Gasteiger partial charge in [-0.15, -0.1) is 0 Å². The molecule has 0 saturated carbocycles. The normalized spacial score (nSPS) is 19.7. The van der Waals surface area contributed by atoms with Gasteiger partial charge in [0.15, 0.2) is 17.1 Å². The fraction of sp³-hybridized carbons (Fsp3) is 0.355. The Morgan fingerprint density at radius 2 is 1.63 bits per heavy atom. The van der Waals surface area contributed by atoms with E-state index in [0.717, 1.165) is 38.0 Å². The van der Waals surface area contributed by atoms with Crippen LogP contribution in [0.25, 0.3) is 0 Å². The van der Waals surface area contributed by atoms with Crippen LogP contribution in [0, 0.1) is 5.92 Å². The number of phenols is 1. The summed E-state index contributed by atoms with van der Waals surface area (Å²) in [6.07, 6.45) is 2.48. The Bertz CT molecular complexity index is 1320. The second-order valence-corrected chi connectivity index (χ2v) is 10.2. The number of ketones is 1. The van der Waals surface area contributed by atoms with Gasteiger partial charge in [-0.2, -0.15) is 0 Å². The Balaban J connectivity index is 1.39. The van der Waals surface area contributed by atoms with Gasteiger partial charge in [0.2, 0.25) is 5.78 Å². The molecule has 1 atom stereocenters. The van der Waals surface area contributed by atoms with Gasteiger partial charge in [0, 0.05) is 18.5 Å². The number of hydrogen-bond acceptors (Lipinski definition) is 7. The van der Waals surface area contributed by atoms with Crippen molar-refractivity contribution in [3.05, 3.63) is 89.0 Å². The molecule has 0 bridgehead atoms. The monoisotopic (exact) mass is 515 g/mol. The topological polar surface area (TPSA) is 85.3 Å². The highest BCUT2D eigenvalue weighted by Crippen LogP contribution is 2.44. The van der Waals surface area contributed by atoms with Crippen LogP contribution in [0.2, 0.25) is 0 Å². The molecule has 3 aromatic carbocycles. The van der Waals surface area contributed by atoms with Crippen LogP contribution in [0.5, 0.6) is 17.2 Å². The number of ether oxygens (including phenoxy) is 3. The van der Waals surface area contributed by atoms with Crippen molar-refractivity contribution in [1.82, 2.24) is 4.90 Å². The summed E-state index contributed by atoms with van der Waals surface area (Å²) in [5, 5.41) is 10.3. The molecule has 0 radical (unpaired) electrons. The first-order valence-electron chi connectivity index (χ1n) is 13.0. The Labute approximate surface area is 222 Å². The summed E-state index contributed by atoms with van der Waals surface area (Å²) < 4.78 is 17.0. The Morgan fingerprint density at radius 1 is 0.974 bits per heavy atom. The van der Waals surface area contributed by atoms with Crippen LogP contribution in [-0.4, -0.2) is 54.7 Å². The average Bonchev–Trinajstić information content (AvgIpc) is 3.19. The molecular weight excluding hydrogens is 482 g/mol. The summed E-state index contributed by atoms with van der Waals surface area (Å²) >= 11 is 0. The Hall–Kier alpha value is -3.84. The molecule has 7 heteroatoms. The molecule has 1 unspecified atom stereocenters. The van der Waals surface area contributed by atoms with E-state index in [9.17, 15) is 14.7 Å². The molecule has 1 aliphatic heterocycles. The average molecular weight is 516 g/mol. The molecule has 2 aliphatic rings. The molecule has 1 aliphatic carbocycles. The third-order valence-corrected chi connectivity index (χ3v) is 7.73. The van der Waals surface area contributed by atoms with Crippen LogP contribution in [0.4, 0.5) is 0 Å². The van der Waals surface area contributed by atoms with Gasteiger partial charge in [-0.05, 0) is 73.7 Å². The van der Waals surface area contributed by atoms with Gasteiger partial charge in [-0.1, -0.05) is 42.5 Å². The number of benzene rings is 3. The lowest BCUT2D eigenvalue weighted by atomic mass is 9.82. The van der Waals surface area contributed by atoms with E-state index in [2.05, 4.69) is 29.2 Å². The summed E-state index contributed by atoms with van der Waals surface area (Å²) in [5.41, 5.74) is 1.21. The predicted octanol–water partition coefficient (Wildman–Crippen LogP) is 5.05. The second-order valence-electron chi connectivity index (χ2n) is 10.2. The van der Waals surface area contributed by atoms with Gasteiger partial charge < -0.3 is 19.3 Å². The van der Waals surface area contributed by atoms with E-state index >= 15 is 0 Å². The number of para-hydroxylation sites is 1. The zero-order valence-corrected chi connectivity index (χ0v) is 21.8. The lowest BCUT2D eigenvalue weighted by Gasteiger charge is -2.36. The molecule has 1 N–H and O–H groups in total. The fourth-order valence-electron chi connectivity index (χ4n) is 5.74. The van der Waals surface area contributed by atoms with E-state index in [1.54, 1.807) is 31.4 Å². The van der Waals surface area contributed by atoms with Crippen molar-refractivity contribution in [2.45, 2.75) is 37.8 Å². The molecule has 1 fully saturated rings. The molecule has 1 saturated heterocycles. The van der Waals surface area contributed by atoms with Crippen molar-refractivity contribution < 1.29 is 28.9 Å². The van der Waals surface area contributed by atoms with Gasteiger partial charge in [0.25, 0.3) is 0 Å². The van der Waals surface area contributed by atoms with Crippen molar-refractivity contribution in [2.24, 2.45) is 5.92 Å². The number of rotatable bonds is 8. The summed E-state index contributed by atoms with van der Waals surface area (Å²) in [7, 11) is 3.08. The molecule has 38 heavy (non-hydrogen) atoms. The Kier molecular flexibility index (Phi) is 7.38. The van der Waals surface area contributed by atoms with Crippen molar-refractivity contribution in [3.63, 3.8) is 0 Å². The van der Waals surface area contributed by atoms with E-state index in [1.807, 2.05) is 6.07 Å². The standard InChI is InChI=1S/C31H33NO6/c1-36-27-16-23-19-31(29(34)25(23)17-28(27)37-2,38-30(35)24-10-6-7-11-26(24)33)18-21-12-14-32(15-13-21)20-22-8-4-3-5-9-22/h3-11,16-17,21,33H,12-15,18-20H2,1-2H3. The van der Waals surface area contributed by atoms with Gasteiger partial charge in [-0.25, -0.2) is 4.79 Å². The molecule has 5 rings (SSSR count). The van der Waals surface area contributed by atoms with E-state index < -0.39 is 11.6 Å². The number of carbonyl (C=O) groups is 2. The van der Waals surface area contributed by atoms with Gasteiger partial charge >= 0.3 is 5.97 Å². The lowest BCUT2D eigenvalue weighted by molar-refractivity contribution is -0.0198. The molecular formula is C31H33NO6. The van der Waals surface area contributed by atoms with Crippen LogP contribution in [0.3, 0.4) is 0 Å².